The summed E-state index contributed by atoms with van der Waals surface area (Å²) in [6.45, 7) is 1.90. The van der Waals surface area contributed by atoms with Crippen LogP contribution in [-0.2, 0) is 4.74 Å². The van der Waals surface area contributed by atoms with E-state index in [0.717, 1.165) is 16.8 Å². The molecule has 0 saturated carbocycles. The van der Waals surface area contributed by atoms with Crippen molar-refractivity contribution in [1.82, 2.24) is 15.1 Å². The molecule has 1 aromatic carbocycles. The number of nitrogens with zero attached hydrogens (tertiary/aromatic N) is 2. The Hall–Kier alpha value is -2.63. The third kappa shape index (κ3) is 1.91. The van der Waals surface area contributed by atoms with E-state index in [1.807, 2.05) is 19.1 Å². The highest BCUT2D eigenvalue weighted by Crippen LogP contribution is 2.38. The number of amides is 1. The molecule has 3 rings (SSSR count). The molecule has 0 fully saturated rings. The number of aryl methyl sites for hydroxylation is 1. The molecule has 2 heterocycles. The second-order valence-electron chi connectivity index (χ2n) is 5.04. The van der Waals surface area contributed by atoms with Crippen molar-refractivity contribution in [3.05, 3.63) is 52.3 Å². The number of fused-ring (bicyclic) bond motifs is 1. The van der Waals surface area contributed by atoms with Crippen LogP contribution in [-0.4, -0.2) is 41.1 Å². The Labute approximate surface area is 121 Å². The second kappa shape index (κ2) is 4.73. The fourth-order valence-electron chi connectivity index (χ4n) is 2.72. The molecule has 2 aromatic rings. The summed E-state index contributed by atoms with van der Waals surface area (Å²) in [5, 5.41) is 6.93. The van der Waals surface area contributed by atoms with Crippen molar-refractivity contribution < 1.29 is 14.3 Å². The van der Waals surface area contributed by atoms with Crippen molar-refractivity contribution in [3.8, 4) is 0 Å². The van der Waals surface area contributed by atoms with Gasteiger partial charge in [-0.3, -0.25) is 9.89 Å². The quantitative estimate of drug-likeness (QED) is 0.852. The molecule has 21 heavy (non-hydrogen) atoms. The lowest BCUT2D eigenvalue weighted by molar-refractivity contribution is 0.0600. The van der Waals surface area contributed by atoms with Gasteiger partial charge in [-0.25, -0.2) is 4.79 Å². The summed E-state index contributed by atoms with van der Waals surface area (Å²) in [7, 11) is 3.10. The predicted octanol–water partition coefficient (Wildman–Crippen LogP) is 1.68. The van der Waals surface area contributed by atoms with Gasteiger partial charge in [0.25, 0.3) is 5.91 Å². The molecule has 0 aliphatic carbocycles. The minimum Gasteiger partial charge on any atom is -0.465 e. The summed E-state index contributed by atoms with van der Waals surface area (Å²) < 4.78 is 4.68. The number of benzene rings is 1. The molecule has 1 atom stereocenters. The van der Waals surface area contributed by atoms with E-state index in [1.165, 1.54) is 7.11 Å². The normalized spacial score (nSPS) is 17.0. The van der Waals surface area contributed by atoms with Crippen LogP contribution in [0.15, 0.2) is 24.3 Å². The average Bonchev–Trinajstić information content (AvgIpc) is 2.99. The largest absolute Gasteiger partial charge is 0.465 e. The molecule has 6 heteroatoms. The maximum absolute atomic E-state index is 12.2. The van der Waals surface area contributed by atoms with Gasteiger partial charge in [-0.05, 0) is 24.6 Å². The van der Waals surface area contributed by atoms with Crippen LogP contribution < -0.4 is 0 Å². The Morgan fingerprint density at radius 1 is 1.33 bits per heavy atom. The number of esters is 1. The van der Waals surface area contributed by atoms with Gasteiger partial charge in [-0.2, -0.15) is 5.10 Å². The minimum absolute atomic E-state index is 0.101. The van der Waals surface area contributed by atoms with Gasteiger partial charge < -0.3 is 9.64 Å². The molecule has 0 unspecified atom stereocenters. The molecular formula is C15H15N3O3. The van der Waals surface area contributed by atoms with E-state index < -0.39 is 0 Å². The van der Waals surface area contributed by atoms with E-state index in [0.29, 0.717) is 11.3 Å². The first-order valence-electron chi connectivity index (χ1n) is 6.55. The van der Waals surface area contributed by atoms with Gasteiger partial charge in [0, 0.05) is 18.3 Å². The van der Waals surface area contributed by atoms with Crippen molar-refractivity contribution in [2.45, 2.75) is 13.0 Å². The number of hydrogen-bond donors (Lipinski definition) is 1. The molecule has 1 aliphatic heterocycles. The van der Waals surface area contributed by atoms with Crippen LogP contribution in [0, 0.1) is 6.92 Å². The highest BCUT2D eigenvalue weighted by Gasteiger charge is 2.39. The SMILES string of the molecule is COC(=O)c1ccc([C@@H]2c3c(n[nH]c3C)C(=O)N2C)cc1. The van der Waals surface area contributed by atoms with Crippen LogP contribution in [0.1, 0.15) is 43.7 Å². The molecular weight excluding hydrogens is 270 g/mol. The highest BCUT2D eigenvalue weighted by molar-refractivity contribution is 5.98. The third-order valence-electron chi connectivity index (χ3n) is 3.83. The first-order chi connectivity index (χ1) is 10.0. The maximum atomic E-state index is 12.2. The molecule has 1 aliphatic rings. The van der Waals surface area contributed by atoms with Gasteiger partial charge in [0.2, 0.25) is 0 Å². The molecule has 0 spiro atoms. The second-order valence-corrected chi connectivity index (χ2v) is 5.04. The number of aromatic amines is 1. The van der Waals surface area contributed by atoms with Gasteiger partial charge >= 0.3 is 5.97 Å². The molecule has 0 saturated heterocycles. The van der Waals surface area contributed by atoms with Crippen LogP contribution in [0.3, 0.4) is 0 Å². The number of rotatable bonds is 2. The van der Waals surface area contributed by atoms with Crippen LogP contribution >= 0.6 is 0 Å². The standard InChI is InChI=1S/C15H15N3O3/c1-8-11-12(17-16-8)14(19)18(2)13(11)9-4-6-10(7-5-9)15(20)21-3/h4-7,13H,1-3H3,(H,16,17)/t13-/m1/s1. The lowest BCUT2D eigenvalue weighted by Crippen LogP contribution is -2.24. The summed E-state index contributed by atoms with van der Waals surface area (Å²) in [5.41, 5.74) is 3.66. The van der Waals surface area contributed by atoms with Gasteiger partial charge in [-0.1, -0.05) is 12.1 Å². The van der Waals surface area contributed by atoms with Crippen LogP contribution in [0.2, 0.25) is 0 Å². The Morgan fingerprint density at radius 2 is 2.00 bits per heavy atom. The molecule has 1 aromatic heterocycles. The van der Waals surface area contributed by atoms with E-state index in [2.05, 4.69) is 14.9 Å². The number of carbonyl (C=O) groups is 2. The minimum atomic E-state index is -0.377. The van der Waals surface area contributed by atoms with Crippen LogP contribution in [0.25, 0.3) is 0 Å². The monoisotopic (exact) mass is 285 g/mol. The van der Waals surface area contributed by atoms with Gasteiger partial charge in [-0.15, -0.1) is 0 Å². The zero-order valence-electron chi connectivity index (χ0n) is 12.0. The number of H-pyrrole nitrogens is 1. The van der Waals surface area contributed by atoms with E-state index in [-0.39, 0.29) is 17.9 Å². The Kier molecular flexibility index (Phi) is 3.01. The first-order valence-corrected chi connectivity index (χ1v) is 6.55. The fourth-order valence-corrected chi connectivity index (χ4v) is 2.72. The predicted molar refractivity (Wildman–Crippen MR) is 75.0 cm³/mol. The lowest BCUT2D eigenvalue weighted by Gasteiger charge is -2.21. The third-order valence-corrected chi connectivity index (χ3v) is 3.83. The van der Waals surface area contributed by atoms with Gasteiger partial charge in [0.05, 0.1) is 18.7 Å². The van der Waals surface area contributed by atoms with Gasteiger partial charge in [0.1, 0.15) is 0 Å². The average molecular weight is 285 g/mol. The number of aromatic nitrogens is 2. The van der Waals surface area contributed by atoms with E-state index in [9.17, 15) is 9.59 Å². The zero-order valence-corrected chi connectivity index (χ0v) is 12.0. The molecule has 0 radical (unpaired) electrons. The summed E-state index contributed by atoms with van der Waals surface area (Å²) in [6.07, 6.45) is 0. The smallest absolute Gasteiger partial charge is 0.337 e. The zero-order chi connectivity index (χ0) is 15.1. The maximum Gasteiger partial charge on any atom is 0.337 e. The topological polar surface area (TPSA) is 75.3 Å². The first kappa shape index (κ1) is 13.4. The Bertz CT molecular complexity index is 718. The van der Waals surface area contributed by atoms with Gasteiger partial charge in [0.15, 0.2) is 5.69 Å². The summed E-state index contributed by atoms with van der Waals surface area (Å²) in [6, 6.07) is 6.89. The van der Waals surface area contributed by atoms with Crippen molar-refractivity contribution in [2.75, 3.05) is 14.2 Å². The number of carbonyl (C=O) groups excluding carboxylic acids is 2. The van der Waals surface area contributed by atoms with E-state index >= 15 is 0 Å². The summed E-state index contributed by atoms with van der Waals surface area (Å²) >= 11 is 0. The molecule has 0 bridgehead atoms. The van der Waals surface area contributed by atoms with Crippen molar-refractivity contribution in [3.63, 3.8) is 0 Å². The van der Waals surface area contributed by atoms with E-state index in [1.54, 1.807) is 24.1 Å². The number of ether oxygens (including phenoxy) is 1. The fraction of sp³-hybridized carbons (Fsp3) is 0.267. The van der Waals surface area contributed by atoms with Crippen molar-refractivity contribution in [2.24, 2.45) is 0 Å². The Morgan fingerprint density at radius 3 is 2.62 bits per heavy atom. The lowest BCUT2D eigenvalue weighted by atomic mass is 9.98. The number of nitrogens with one attached hydrogen (secondary N) is 1. The summed E-state index contributed by atoms with van der Waals surface area (Å²) in [5.74, 6) is -0.478. The van der Waals surface area contributed by atoms with Crippen LogP contribution in [0.5, 0.6) is 0 Å². The highest BCUT2D eigenvalue weighted by atomic mass is 16.5. The van der Waals surface area contributed by atoms with Crippen LogP contribution in [0.4, 0.5) is 0 Å². The number of hydrogen-bond acceptors (Lipinski definition) is 4. The molecule has 1 amide bonds. The van der Waals surface area contributed by atoms with Crippen molar-refractivity contribution >= 4 is 11.9 Å². The molecule has 108 valence electrons. The summed E-state index contributed by atoms with van der Waals surface area (Å²) in [4.78, 5) is 25.3. The molecule has 1 N–H and O–H groups in total. The molecule has 6 nitrogen and oxygen atoms in total. The number of methoxy groups -OCH3 is 1. The Balaban J connectivity index is 2.02. The van der Waals surface area contributed by atoms with E-state index in [4.69, 9.17) is 0 Å². The van der Waals surface area contributed by atoms with Crippen molar-refractivity contribution in [1.29, 1.82) is 0 Å².